The normalized spacial score (nSPS) is 12.3. The number of benzene rings is 2. The van der Waals surface area contributed by atoms with Gasteiger partial charge in [-0.05, 0) is 23.8 Å². The maximum absolute atomic E-state index is 12.0. The molecule has 0 bridgehead atoms. The molecule has 2 heterocycles. The molecule has 4 aromatic rings. The van der Waals surface area contributed by atoms with E-state index < -0.39 is 12.0 Å². The van der Waals surface area contributed by atoms with Crippen LogP contribution in [0.5, 0.6) is 0 Å². The number of nitrogens with one attached hydrogen (secondary N) is 1. The first-order valence-electron chi connectivity index (χ1n) is 8.82. The second-order valence-corrected chi connectivity index (χ2v) is 6.45. The molecule has 2 aromatic carbocycles. The minimum absolute atomic E-state index is 0.349. The lowest BCUT2D eigenvalue weighted by molar-refractivity contribution is -0.139. The molecule has 1 unspecified atom stereocenters. The summed E-state index contributed by atoms with van der Waals surface area (Å²) in [7, 11) is 0. The zero-order valence-corrected chi connectivity index (χ0v) is 14.7. The summed E-state index contributed by atoms with van der Waals surface area (Å²) in [6.45, 7) is 1.04. The molecule has 0 spiro atoms. The number of aromatic nitrogens is 1. The van der Waals surface area contributed by atoms with Gasteiger partial charge in [-0.25, -0.2) is 0 Å². The highest BCUT2D eigenvalue weighted by atomic mass is 16.4. The average molecular weight is 360 g/mol. The molecule has 4 rings (SSSR count). The molecule has 1 atom stereocenters. The van der Waals surface area contributed by atoms with Crippen LogP contribution >= 0.6 is 0 Å². The van der Waals surface area contributed by atoms with Crippen molar-refractivity contribution < 1.29 is 14.3 Å². The molecule has 0 amide bonds. The van der Waals surface area contributed by atoms with E-state index in [4.69, 9.17) is 4.42 Å². The van der Waals surface area contributed by atoms with Crippen LogP contribution in [0.3, 0.4) is 0 Å². The SMILES string of the molecule is O=C(O)C(NCc1ccco1)c1cn(Cc2ccccc2)c2ccccc12. The highest BCUT2D eigenvalue weighted by molar-refractivity contribution is 5.89. The molecule has 0 aliphatic rings. The minimum Gasteiger partial charge on any atom is -0.480 e. The summed E-state index contributed by atoms with van der Waals surface area (Å²) < 4.78 is 7.41. The summed E-state index contributed by atoms with van der Waals surface area (Å²) in [6, 6.07) is 20.8. The quantitative estimate of drug-likeness (QED) is 0.518. The van der Waals surface area contributed by atoms with Gasteiger partial charge >= 0.3 is 5.97 Å². The molecule has 5 nitrogen and oxygen atoms in total. The largest absolute Gasteiger partial charge is 0.480 e. The molecule has 0 aliphatic carbocycles. The third-order valence-corrected chi connectivity index (χ3v) is 4.63. The van der Waals surface area contributed by atoms with Crippen LogP contribution in [0.4, 0.5) is 0 Å². The average Bonchev–Trinajstić information content (AvgIpc) is 3.32. The van der Waals surface area contributed by atoms with Gasteiger partial charge in [0.1, 0.15) is 11.8 Å². The number of carboxylic acid groups (broad SMARTS) is 1. The van der Waals surface area contributed by atoms with Crippen molar-refractivity contribution in [3.63, 3.8) is 0 Å². The Morgan fingerprint density at radius 1 is 1.04 bits per heavy atom. The highest BCUT2D eigenvalue weighted by Gasteiger charge is 2.24. The number of fused-ring (bicyclic) bond motifs is 1. The van der Waals surface area contributed by atoms with Gasteiger partial charge in [0.15, 0.2) is 0 Å². The van der Waals surface area contributed by atoms with Crippen molar-refractivity contribution in [3.8, 4) is 0 Å². The van der Waals surface area contributed by atoms with Gasteiger partial charge < -0.3 is 14.1 Å². The lowest BCUT2D eigenvalue weighted by Crippen LogP contribution is -2.27. The first-order valence-corrected chi connectivity index (χ1v) is 8.82. The highest BCUT2D eigenvalue weighted by Crippen LogP contribution is 2.28. The Labute approximate surface area is 156 Å². The number of carboxylic acids is 1. The summed E-state index contributed by atoms with van der Waals surface area (Å²) in [4.78, 5) is 12.0. The molecule has 0 aliphatic heterocycles. The third-order valence-electron chi connectivity index (χ3n) is 4.63. The van der Waals surface area contributed by atoms with Gasteiger partial charge in [0.25, 0.3) is 0 Å². The van der Waals surface area contributed by atoms with Gasteiger partial charge in [-0.1, -0.05) is 48.5 Å². The molecule has 136 valence electrons. The monoisotopic (exact) mass is 360 g/mol. The van der Waals surface area contributed by atoms with Gasteiger partial charge in [-0.2, -0.15) is 0 Å². The van der Waals surface area contributed by atoms with Crippen molar-refractivity contribution in [1.82, 2.24) is 9.88 Å². The standard InChI is InChI=1S/C22H20N2O3/c25-22(26)21(23-13-17-9-6-12-27-17)19-15-24(14-16-7-2-1-3-8-16)20-11-5-4-10-18(19)20/h1-12,15,21,23H,13-14H2,(H,25,26). The number of nitrogens with zero attached hydrogens (tertiary/aromatic N) is 1. The van der Waals surface area contributed by atoms with Crippen molar-refractivity contribution in [1.29, 1.82) is 0 Å². The molecule has 0 radical (unpaired) electrons. The second-order valence-electron chi connectivity index (χ2n) is 6.45. The maximum Gasteiger partial charge on any atom is 0.325 e. The smallest absolute Gasteiger partial charge is 0.325 e. The van der Waals surface area contributed by atoms with Gasteiger partial charge in [0, 0.05) is 29.2 Å². The molecule has 5 heteroatoms. The van der Waals surface area contributed by atoms with Crippen LogP contribution in [0.25, 0.3) is 10.9 Å². The Hall–Kier alpha value is -3.31. The number of rotatable bonds is 7. The van der Waals surface area contributed by atoms with Crippen molar-refractivity contribution in [2.45, 2.75) is 19.1 Å². The Bertz CT molecular complexity index is 1040. The summed E-state index contributed by atoms with van der Waals surface area (Å²) in [6.07, 6.45) is 3.52. The second kappa shape index (κ2) is 7.51. The van der Waals surface area contributed by atoms with E-state index in [1.807, 2.05) is 54.7 Å². The molecular weight excluding hydrogens is 340 g/mol. The number of hydrogen-bond acceptors (Lipinski definition) is 3. The van der Waals surface area contributed by atoms with Gasteiger partial charge in [-0.3, -0.25) is 10.1 Å². The third kappa shape index (κ3) is 3.64. The summed E-state index contributed by atoms with van der Waals surface area (Å²) in [5.41, 5.74) is 2.93. The van der Waals surface area contributed by atoms with Crippen molar-refractivity contribution >= 4 is 16.9 Å². The van der Waals surface area contributed by atoms with E-state index in [0.717, 1.165) is 16.5 Å². The van der Waals surface area contributed by atoms with Gasteiger partial charge in [-0.15, -0.1) is 0 Å². The van der Waals surface area contributed by atoms with Crippen LogP contribution in [0.15, 0.2) is 83.6 Å². The van der Waals surface area contributed by atoms with Crippen LogP contribution in [-0.2, 0) is 17.9 Å². The number of furan rings is 1. The van der Waals surface area contributed by atoms with Crippen molar-refractivity contribution in [2.75, 3.05) is 0 Å². The minimum atomic E-state index is -0.913. The van der Waals surface area contributed by atoms with E-state index in [0.29, 0.717) is 18.8 Å². The van der Waals surface area contributed by atoms with Crippen LogP contribution in [0, 0.1) is 0 Å². The first kappa shape index (κ1) is 17.1. The molecule has 27 heavy (non-hydrogen) atoms. The predicted molar refractivity (Wildman–Crippen MR) is 103 cm³/mol. The van der Waals surface area contributed by atoms with Crippen LogP contribution in [0.2, 0.25) is 0 Å². The zero-order chi connectivity index (χ0) is 18.6. The van der Waals surface area contributed by atoms with Crippen LogP contribution in [0.1, 0.15) is 22.9 Å². The Morgan fingerprint density at radius 2 is 1.81 bits per heavy atom. The molecule has 0 saturated carbocycles. The van der Waals surface area contributed by atoms with Crippen LogP contribution in [-0.4, -0.2) is 15.6 Å². The number of hydrogen-bond donors (Lipinski definition) is 2. The molecule has 0 saturated heterocycles. The Balaban J connectivity index is 1.70. The molecule has 0 fully saturated rings. The van der Waals surface area contributed by atoms with E-state index >= 15 is 0 Å². The van der Waals surface area contributed by atoms with Gasteiger partial charge in [0.05, 0.1) is 12.8 Å². The van der Waals surface area contributed by atoms with Gasteiger partial charge in [0.2, 0.25) is 0 Å². The van der Waals surface area contributed by atoms with E-state index in [2.05, 4.69) is 22.0 Å². The fourth-order valence-corrected chi connectivity index (χ4v) is 3.36. The molecule has 2 N–H and O–H groups in total. The van der Waals surface area contributed by atoms with Crippen LogP contribution < -0.4 is 5.32 Å². The fraction of sp³-hybridized carbons (Fsp3) is 0.136. The fourth-order valence-electron chi connectivity index (χ4n) is 3.36. The van der Waals surface area contributed by atoms with E-state index in [9.17, 15) is 9.90 Å². The summed E-state index contributed by atoms with van der Waals surface area (Å²) >= 11 is 0. The zero-order valence-electron chi connectivity index (χ0n) is 14.7. The van der Waals surface area contributed by atoms with Crippen molar-refractivity contribution in [3.05, 3.63) is 96.1 Å². The Kier molecular flexibility index (Phi) is 4.77. The summed E-state index contributed by atoms with van der Waals surface area (Å²) in [5, 5.41) is 13.8. The number of carbonyl (C=O) groups is 1. The molecule has 2 aromatic heterocycles. The van der Waals surface area contributed by atoms with Crippen molar-refractivity contribution in [2.24, 2.45) is 0 Å². The summed E-state index contributed by atoms with van der Waals surface area (Å²) in [5.74, 6) is -0.210. The first-order chi connectivity index (χ1) is 13.2. The van der Waals surface area contributed by atoms with E-state index in [-0.39, 0.29) is 0 Å². The van der Waals surface area contributed by atoms with E-state index in [1.54, 1.807) is 12.3 Å². The topological polar surface area (TPSA) is 67.4 Å². The van der Waals surface area contributed by atoms with E-state index in [1.165, 1.54) is 5.56 Å². The predicted octanol–water partition coefficient (Wildman–Crippen LogP) is 4.20. The maximum atomic E-state index is 12.0. The lowest BCUT2D eigenvalue weighted by atomic mass is 10.1. The number of aliphatic carboxylic acids is 1. The number of para-hydroxylation sites is 1. The Morgan fingerprint density at radius 3 is 2.56 bits per heavy atom. The lowest BCUT2D eigenvalue weighted by Gasteiger charge is -2.13. The molecular formula is C22H20N2O3.